The van der Waals surface area contributed by atoms with E-state index in [1.165, 1.54) is 18.9 Å². The van der Waals surface area contributed by atoms with E-state index in [1.54, 1.807) is 4.90 Å². The number of ether oxygens (including phenoxy) is 1. The SMILES string of the molecule is CC(=O)NC1=NN(C(C)=O)[C@]2(S1)C(=O)N(CCN1CCOCC1)c1ccccc12. The van der Waals surface area contributed by atoms with Gasteiger partial charge in [-0.2, -0.15) is 5.01 Å². The molecule has 0 unspecified atom stereocenters. The summed E-state index contributed by atoms with van der Waals surface area (Å²) in [5.74, 6) is -0.896. The van der Waals surface area contributed by atoms with Crippen molar-refractivity contribution in [3.63, 3.8) is 0 Å². The maximum absolute atomic E-state index is 13.7. The summed E-state index contributed by atoms with van der Waals surface area (Å²) in [5.41, 5.74) is 1.47. The van der Waals surface area contributed by atoms with Gasteiger partial charge in [-0.1, -0.05) is 18.2 Å². The van der Waals surface area contributed by atoms with Gasteiger partial charge in [0.15, 0.2) is 5.17 Å². The number of hydrogen-bond acceptors (Lipinski definition) is 7. The number of hydrogen-bond donors (Lipinski definition) is 1. The first kappa shape index (κ1) is 19.9. The van der Waals surface area contributed by atoms with Gasteiger partial charge in [-0.05, 0) is 17.8 Å². The molecule has 3 aliphatic heterocycles. The van der Waals surface area contributed by atoms with E-state index in [0.717, 1.165) is 30.5 Å². The first-order chi connectivity index (χ1) is 13.9. The predicted octanol–water partition coefficient (Wildman–Crippen LogP) is 0.521. The van der Waals surface area contributed by atoms with Crippen LogP contribution < -0.4 is 10.2 Å². The molecule has 0 aliphatic carbocycles. The topological polar surface area (TPSA) is 94.5 Å². The molecular formula is C19H23N5O4S. The Morgan fingerprint density at radius 3 is 2.62 bits per heavy atom. The molecule has 0 radical (unpaired) electrons. The molecule has 1 aromatic carbocycles. The second-order valence-corrected chi connectivity index (χ2v) is 8.27. The van der Waals surface area contributed by atoms with Crippen LogP contribution in [0.15, 0.2) is 29.4 Å². The van der Waals surface area contributed by atoms with Gasteiger partial charge in [-0.15, -0.1) is 5.10 Å². The largest absolute Gasteiger partial charge is 0.379 e. The number of morpholine rings is 1. The highest BCUT2D eigenvalue weighted by Gasteiger charge is 2.60. The van der Waals surface area contributed by atoms with Crippen molar-refractivity contribution in [1.29, 1.82) is 0 Å². The minimum atomic E-state index is -1.33. The van der Waals surface area contributed by atoms with E-state index in [1.807, 2.05) is 24.3 Å². The Hall–Kier alpha value is -2.43. The number of nitrogens with one attached hydrogen (secondary N) is 1. The van der Waals surface area contributed by atoms with E-state index in [-0.39, 0.29) is 22.9 Å². The van der Waals surface area contributed by atoms with Gasteiger partial charge in [-0.3, -0.25) is 19.3 Å². The Bertz CT molecular complexity index is 885. The van der Waals surface area contributed by atoms with Gasteiger partial charge >= 0.3 is 0 Å². The van der Waals surface area contributed by atoms with E-state index < -0.39 is 4.87 Å². The van der Waals surface area contributed by atoms with Crippen LogP contribution in [0.2, 0.25) is 0 Å². The summed E-state index contributed by atoms with van der Waals surface area (Å²) in [7, 11) is 0. The summed E-state index contributed by atoms with van der Waals surface area (Å²) < 4.78 is 5.39. The second-order valence-electron chi connectivity index (χ2n) is 7.09. The maximum Gasteiger partial charge on any atom is 0.270 e. The second kappa shape index (κ2) is 7.77. The van der Waals surface area contributed by atoms with Crippen molar-refractivity contribution in [1.82, 2.24) is 15.2 Å². The Labute approximate surface area is 173 Å². The summed E-state index contributed by atoms with van der Waals surface area (Å²) in [6.45, 7) is 6.99. The van der Waals surface area contributed by atoms with Gasteiger partial charge in [0.1, 0.15) is 0 Å². The molecular weight excluding hydrogens is 394 g/mol. The van der Waals surface area contributed by atoms with Crippen LogP contribution in [0, 0.1) is 0 Å². The molecule has 0 bridgehead atoms. The molecule has 3 heterocycles. The third-order valence-electron chi connectivity index (χ3n) is 5.15. The Morgan fingerprint density at radius 1 is 1.21 bits per heavy atom. The summed E-state index contributed by atoms with van der Waals surface area (Å²) in [6, 6.07) is 7.45. The number of amides is 3. The van der Waals surface area contributed by atoms with Crippen molar-refractivity contribution in [2.24, 2.45) is 5.10 Å². The Balaban J connectivity index is 1.66. The first-order valence-electron chi connectivity index (χ1n) is 9.51. The fraction of sp³-hybridized carbons (Fsp3) is 0.474. The molecule has 0 aromatic heterocycles. The number of amidine groups is 1. The Kier molecular flexibility index (Phi) is 5.32. The molecule has 1 spiro atoms. The molecule has 154 valence electrons. The molecule has 0 saturated carbocycles. The zero-order chi connectivity index (χ0) is 20.6. The number of thioether (sulfide) groups is 1. The fourth-order valence-corrected chi connectivity index (χ4v) is 5.19. The molecule has 3 aliphatic rings. The maximum atomic E-state index is 13.7. The standard InChI is InChI=1S/C19H23N5O4S/c1-13(25)20-18-21-24(14(2)26)19(29-18)15-5-3-4-6-16(15)23(17(19)27)8-7-22-9-11-28-12-10-22/h3-6H,7-12H2,1-2H3,(H,20,21,25)/t19-/m1/s1. The van der Waals surface area contributed by atoms with Crippen molar-refractivity contribution >= 4 is 40.3 Å². The zero-order valence-electron chi connectivity index (χ0n) is 16.4. The lowest BCUT2D eigenvalue weighted by atomic mass is 10.1. The summed E-state index contributed by atoms with van der Waals surface area (Å²) in [5, 5.41) is 8.30. The highest BCUT2D eigenvalue weighted by Crippen LogP contribution is 2.54. The molecule has 1 aromatic rings. The van der Waals surface area contributed by atoms with Crippen LogP contribution in [0.4, 0.5) is 5.69 Å². The number of carbonyl (C=O) groups excluding carboxylic acids is 3. The van der Waals surface area contributed by atoms with Gasteiger partial charge in [-0.25, -0.2) is 0 Å². The molecule has 4 rings (SSSR count). The van der Waals surface area contributed by atoms with Crippen molar-refractivity contribution in [3.05, 3.63) is 29.8 Å². The van der Waals surface area contributed by atoms with Gasteiger partial charge < -0.3 is 15.0 Å². The molecule has 1 N–H and O–H groups in total. The number of benzene rings is 1. The summed E-state index contributed by atoms with van der Waals surface area (Å²) >= 11 is 1.10. The summed E-state index contributed by atoms with van der Waals surface area (Å²) in [4.78, 5) is 40.3. The van der Waals surface area contributed by atoms with Crippen LogP contribution in [-0.2, 0) is 24.0 Å². The quantitative estimate of drug-likeness (QED) is 0.771. The molecule has 1 saturated heterocycles. The van der Waals surface area contributed by atoms with E-state index >= 15 is 0 Å². The van der Waals surface area contributed by atoms with Crippen molar-refractivity contribution < 1.29 is 19.1 Å². The van der Waals surface area contributed by atoms with Crippen LogP contribution in [0.3, 0.4) is 0 Å². The normalized spacial score (nSPS) is 24.1. The van der Waals surface area contributed by atoms with Gasteiger partial charge in [0.05, 0.1) is 18.9 Å². The molecule has 1 atom stereocenters. The van der Waals surface area contributed by atoms with E-state index in [9.17, 15) is 14.4 Å². The molecule has 3 amide bonds. The number of fused-ring (bicyclic) bond motifs is 2. The van der Waals surface area contributed by atoms with Gasteiger partial charge in [0.25, 0.3) is 5.91 Å². The van der Waals surface area contributed by atoms with E-state index in [2.05, 4.69) is 15.3 Å². The van der Waals surface area contributed by atoms with Crippen molar-refractivity contribution in [2.75, 3.05) is 44.3 Å². The molecule has 9 nitrogen and oxygen atoms in total. The smallest absolute Gasteiger partial charge is 0.270 e. The highest BCUT2D eigenvalue weighted by atomic mass is 32.2. The van der Waals surface area contributed by atoms with Gasteiger partial charge in [0.2, 0.25) is 16.7 Å². The third-order valence-corrected chi connectivity index (χ3v) is 6.39. The first-order valence-corrected chi connectivity index (χ1v) is 10.3. The number of para-hydroxylation sites is 1. The van der Waals surface area contributed by atoms with E-state index in [4.69, 9.17) is 4.74 Å². The van der Waals surface area contributed by atoms with E-state index in [0.29, 0.717) is 31.9 Å². The van der Waals surface area contributed by atoms with Gasteiger partial charge in [0, 0.05) is 45.6 Å². The highest BCUT2D eigenvalue weighted by molar-refractivity contribution is 8.15. The lowest BCUT2D eigenvalue weighted by Crippen LogP contribution is -2.50. The fourth-order valence-electron chi connectivity index (χ4n) is 3.85. The van der Waals surface area contributed by atoms with Crippen LogP contribution >= 0.6 is 11.8 Å². The van der Waals surface area contributed by atoms with Crippen molar-refractivity contribution in [2.45, 2.75) is 18.7 Å². The average Bonchev–Trinajstić information content (AvgIpc) is 3.18. The zero-order valence-corrected chi connectivity index (χ0v) is 17.2. The van der Waals surface area contributed by atoms with Crippen LogP contribution in [0.5, 0.6) is 0 Å². The number of carbonyl (C=O) groups is 3. The summed E-state index contributed by atoms with van der Waals surface area (Å²) in [6.07, 6.45) is 0. The minimum Gasteiger partial charge on any atom is -0.379 e. The lowest BCUT2D eigenvalue weighted by Gasteiger charge is -2.31. The van der Waals surface area contributed by atoms with Crippen LogP contribution in [-0.4, -0.2) is 72.2 Å². The Morgan fingerprint density at radius 2 is 1.93 bits per heavy atom. The minimum absolute atomic E-state index is 0.226. The molecule has 1 fully saturated rings. The van der Waals surface area contributed by atoms with Crippen LogP contribution in [0.25, 0.3) is 0 Å². The average molecular weight is 417 g/mol. The number of anilines is 1. The third kappa shape index (κ3) is 3.41. The van der Waals surface area contributed by atoms with Crippen molar-refractivity contribution in [3.8, 4) is 0 Å². The monoisotopic (exact) mass is 417 g/mol. The van der Waals surface area contributed by atoms with Crippen LogP contribution in [0.1, 0.15) is 19.4 Å². The predicted molar refractivity (Wildman–Crippen MR) is 109 cm³/mol. The number of nitrogens with zero attached hydrogens (tertiary/aromatic N) is 4. The lowest BCUT2D eigenvalue weighted by molar-refractivity contribution is -0.139. The molecule has 10 heteroatoms. The molecule has 29 heavy (non-hydrogen) atoms. The number of hydrazone groups is 1. The number of rotatable bonds is 3.